The Labute approximate surface area is 141 Å². The van der Waals surface area contributed by atoms with Crippen molar-refractivity contribution in [3.05, 3.63) is 39.9 Å². The molecule has 1 aromatic carbocycles. The van der Waals surface area contributed by atoms with Crippen LogP contribution in [0.15, 0.2) is 29.3 Å². The zero-order valence-corrected chi connectivity index (χ0v) is 14.1. The highest BCUT2D eigenvalue weighted by Gasteiger charge is 2.17. The number of likely N-dealkylation sites (N-methyl/N-ethyl adjacent to an activating group) is 1. The van der Waals surface area contributed by atoms with Crippen LogP contribution in [0.25, 0.3) is 0 Å². The Bertz CT molecular complexity index is 607. The highest BCUT2D eigenvalue weighted by Crippen LogP contribution is 2.13. The van der Waals surface area contributed by atoms with Gasteiger partial charge in [-0.25, -0.2) is 4.99 Å². The fraction of sp³-hybridized carbons (Fsp3) is 0.500. The van der Waals surface area contributed by atoms with E-state index in [0.29, 0.717) is 12.5 Å². The predicted octanol–water partition coefficient (Wildman–Crippen LogP) is 1.22. The molecule has 1 aliphatic heterocycles. The topological polar surface area (TPSA) is 91.1 Å². The number of carbonyl (C=O) groups is 1. The van der Waals surface area contributed by atoms with E-state index in [1.54, 1.807) is 26.2 Å². The van der Waals surface area contributed by atoms with Crippen molar-refractivity contribution in [2.24, 2.45) is 4.99 Å². The number of rotatable bonds is 5. The molecule has 1 fully saturated rings. The molecule has 8 heteroatoms. The summed E-state index contributed by atoms with van der Waals surface area (Å²) in [6.45, 7) is 2.44. The number of nitro benzene ring substituents is 1. The van der Waals surface area contributed by atoms with Gasteiger partial charge in [-0.2, -0.15) is 0 Å². The number of hydrogen-bond donors (Lipinski definition) is 1. The average molecular weight is 333 g/mol. The van der Waals surface area contributed by atoms with Crippen molar-refractivity contribution in [3.8, 4) is 0 Å². The average Bonchev–Trinajstić information content (AvgIpc) is 3.09. The lowest BCUT2D eigenvalue weighted by Gasteiger charge is -2.22. The van der Waals surface area contributed by atoms with E-state index in [-0.39, 0.29) is 18.1 Å². The first-order valence-corrected chi connectivity index (χ1v) is 7.94. The van der Waals surface area contributed by atoms with E-state index in [1.165, 1.54) is 17.0 Å². The summed E-state index contributed by atoms with van der Waals surface area (Å²) in [6, 6.07) is 6.36. The predicted molar refractivity (Wildman–Crippen MR) is 91.7 cm³/mol. The molecule has 0 spiro atoms. The fourth-order valence-corrected chi connectivity index (χ4v) is 2.40. The van der Waals surface area contributed by atoms with E-state index < -0.39 is 4.92 Å². The van der Waals surface area contributed by atoms with Crippen LogP contribution >= 0.6 is 0 Å². The van der Waals surface area contributed by atoms with Crippen molar-refractivity contribution in [3.63, 3.8) is 0 Å². The standard InChI is InChI=1S/C16H23N5O3/c1-19(2)15(22)12-18-16(20-9-3-4-10-20)17-11-13-5-7-14(8-6-13)21(23)24/h5-8H,3-4,9-12H2,1-2H3,(H,17,18). The van der Waals surface area contributed by atoms with Crippen molar-refractivity contribution in [2.45, 2.75) is 19.4 Å². The molecule has 0 unspecified atom stereocenters. The molecule has 0 radical (unpaired) electrons. The number of nitro groups is 1. The number of aliphatic imine (C=N–C) groups is 1. The lowest BCUT2D eigenvalue weighted by Crippen LogP contribution is -2.44. The van der Waals surface area contributed by atoms with Crippen molar-refractivity contribution in [2.75, 3.05) is 33.7 Å². The molecule has 1 N–H and O–H groups in total. The van der Waals surface area contributed by atoms with Gasteiger partial charge in [-0.1, -0.05) is 12.1 Å². The van der Waals surface area contributed by atoms with E-state index in [2.05, 4.69) is 15.2 Å². The Morgan fingerprint density at radius 3 is 2.46 bits per heavy atom. The van der Waals surface area contributed by atoms with Crippen molar-refractivity contribution < 1.29 is 9.72 Å². The van der Waals surface area contributed by atoms with Crippen molar-refractivity contribution >= 4 is 17.6 Å². The van der Waals surface area contributed by atoms with Crippen molar-refractivity contribution in [1.29, 1.82) is 0 Å². The van der Waals surface area contributed by atoms with E-state index in [4.69, 9.17) is 0 Å². The summed E-state index contributed by atoms with van der Waals surface area (Å²) in [5, 5.41) is 13.8. The van der Waals surface area contributed by atoms with E-state index in [9.17, 15) is 14.9 Å². The van der Waals surface area contributed by atoms with Gasteiger partial charge in [0.15, 0.2) is 5.96 Å². The summed E-state index contributed by atoms with van der Waals surface area (Å²) in [7, 11) is 3.43. The van der Waals surface area contributed by atoms with E-state index in [0.717, 1.165) is 31.5 Å². The molecule has 1 amide bonds. The second-order valence-corrected chi connectivity index (χ2v) is 5.90. The number of non-ortho nitro benzene ring substituents is 1. The molecule has 1 saturated heterocycles. The van der Waals surface area contributed by atoms with Gasteiger partial charge in [0.25, 0.3) is 5.69 Å². The fourth-order valence-electron chi connectivity index (χ4n) is 2.40. The van der Waals surface area contributed by atoms with Gasteiger partial charge >= 0.3 is 0 Å². The number of carbonyl (C=O) groups excluding carboxylic acids is 1. The van der Waals surface area contributed by atoms with Crippen LogP contribution in [0.4, 0.5) is 5.69 Å². The first-order chi connectivity index (χ1) is 11.5. The second-order valence-electron chi connectivity index (χ2n) is 5.90. The lowest BCUT2D eigenvalue weighted by molar-refractivity contribution is -0.384. The molecular weight excluding hydrogens is 310 g/mol. The Balaban J connectivity index is 2.03. The van der Waals surface area contributed by atoms with Crippen LogP contribution in [-0.4, -0.2) is 60.3 Å². The lowest BCUT2D eigenvalue weighted by atomic mass is 10.2. The SMILES string of the molecule is CN(C)C(=O)CNC(=NCc1ccc([N+](=O)[O-])cc1)N1CCCC1. The zero-order chi connectivity index (χ0) is 17.5. The third-order valence-electron chi connectivity index (χ3n) is 3.86. The van der Waals surface area contributed by atoms with Crippen LogP contribution < -0.4 is 5.32 Å². The van der Waals surface area contributed by atoms with Crippen LogP contribution in [-0.2, 0) is 11.3 Å². The minimum absolute atomic E-state index is 0.0165. The van der Waals surface area contributed by atoms with Gasteiger partial charge < -0.3 is 15.1 Å². The van der Waals surface area contributed by atoms with Gasteiger partial charge in [-0.05, 0) is 18.4 Å². The summed E-state index contributed by atoms with van der Waals surface area (Å²) in [5.74, 6) is 0.693. The van der Waals surface area contributed by atoms with Gasteiger partial charge in [0.1, 0.15) is 0 Å². The Kier molecular flexibility index (Phi) is 6.11. The Hall–Kier alpha value is -2.64. The second kappa shape index (κ2) is 8.28. The molecule has 130 valence electrons. The first-order valence-electron chi connectivity index (χ1n) is 7.94. The van der Waals surface area contributed by atoms with Crippen LogP contribution in [0, 0.1) is 10.1 Å². The summed E-state index contributed by atoms with van der Waals surface area (Å²) in [4.78, 5) is 30.3. The number of nitrogens with zero attached hydrogens (tertiary/aromatic N) is 4. The van der Waals surface area contributed by atoms with Gasteiger partial charge in [-0.15, -0.1) is 0 Å². The van der Waals surface area contributed by atoms with Gasteiger partial charge in [0.2, 0.25) is 5.91 Å². The molecule has 1 aromatic rings. The number of likely N-dealkylation sites (tertiary alicyclic amines) is 1. The molecule has 24 heavy (non-hydrogen) atoms. The van der Waals surface area contributed by atoms with Gasteiger partial charge in [-0.3, -0.25) is 14.9 Å². The van der Waals surface area contributed by atoms with Gasteiger partial charge in [0, 0.05) is 39.3 Å². The third kappa shape index (κ3) is 4.94. The molecule has 0 atom stereocenters. The number of nitrogens with one attached hydrogen (secondary N) is 1. The summed E-state index contributed by atoms with van der Waals surface area (Å²) in [6.07, 6.45) is 2.22. The first kappa shape index (κ1) is 17.7. The largest absolute Gasteiger partial charge is 0.347 e. The minimum atomic E-state index is -0.420. The maximum absolute atomic E-state index is 11.8. The molecule has 0 aliphatic carbocycles. The normalized spacial score (nSPS) is 14.6. The number of benzene rings is 1. The van der Waals surface area contributed by atoms with Crippen LogP contribution in [0.2, 0.25) is 0 Å². The maximum atomic E-state index is 11.8. The minimum Gasteiger partial charge on any atom is -0.347 e. The Morgan fingerprint density at radius 2 is 1.92 bits per heavy atom. The van der Waals surface area contributed by atoms with Crippen LogP contribution in [0.5, 0.6) is 0 Å². The number of amides is 1. The van der Waals surface area contributed by atoms with Crippen LogP contribution in [0.1, 0.15) is 18.4 Å². The number of guanidine groups is 1. The van der Waals surface area contributed by atoms with E-state index >= 15 is 0 Å². The third-order valence-corrected chi connectivity index (χ3v) is 3.86. The molecule has 1 aliphatic rings. The van der Waals surface area contributed by atoms with Crippen molar-refractivity contribution in [1.82, 2.24) is 15.1 Å². The maximum Gasteiger partial charge on any atom is 0.269 e. The van der Waals surface area contributed by atoms with Gasteiger partial charge in [0.05, 0.1) is 18.0 Å². The smallest absolute Gasteiger partial charge is 0.269 e. The highest BCUT2D eigenvalue weighted by atomic mass is 16.6. The molecule has 8 nitrogen and oxygen atoms in total. The Morgan fingerprint density at radius 1 is 1.29 bits per heavy atom. The molecule has 0 bridgehead atoms. The summed E-state index contributed by atoms with van der Waals surface area (Å²) >= 11 is 0. The molecule has 0 aromatic heterocycles. The molecule has 1 heterocycles. The quantitative estimate of drug-likeness (QED) is 0.379. The van der Waals surface area contributed by atoms with E-state index in [1.807, 2.05) is 0 Å². The summed E-state index contributed by atoms with van der Waals surface area (Å²) < 4.78 is 0. The molecule has 2 rings (SSSR count). The monoisotopic (exact) mass is 333 g/mol. The molecular formula is C16H23N5O3. The zero-order valence-electron chi connectivity index (χ0n) is 14.1. The molecule has 0 saturated carbocycles. The summed E-state index contributed by atoms with van der Waals surface area (Å²) in [5.41, 5.74) is 0.954. The number of hydrogen-bond acceptors (Lipinski definition) is 4. The highest BCUT2D eigenvalue weighted by molar-refractivity contribution is 5.86. The van der Waals surface area contributed by atoms with Crippen LogP contribution in [0.3, 0.4) is 0 Å².